The van der Waals surface area contributed by atoms with Gasteiger partial charge in [0.25, 0.3) is 0 Å². The predicted octanol–water partition coefficient (Wildman–Crippen LogP) is 3.85. The van der Waals surface area contributed by atoms with E-state index in [9.17, 15) is 9.90 Å². The van der Waals surface area contributed by atoms with Gasteiger partial charge in [-0.15, -0.1) is 12.8 Å². The summed E-state index contributed by atoms with van der Waals surface area (Å²) >= 11 is 0. The van der Waals surface area contributed by atoms with E-state index >= 15 is 0 Å². The van der Waals surface area contributed by atoms with Gasteiger partial charge in [-0.05, 0) is 39.7 Å². The van der Waals surface area contributed by atoms with E-state index in [1.54, 1.807) is 12.1 Å². The molecule has 140 valence electrons. The van der Waals surface area contributed by atoms with E-state index in [2.05, 4.69) is 11.8 Å². The van der Waals surface area contributed by atoms with Crippen LogP contribution in [-0.4, -0.2) is 24.3 Å². The zero-order valence-corrected chi connectivity index (χ0v) is 16.5. The zero-order chi connectivity index (χ0) is 20.1. The first-order valence-corrected chi connectivity index (χ1v) is 8.46. The van der Waals surface area contributed by atoms with Crippen molar-refractivity contribution in [1.82, 2.24) is 0 Å². The first-order valence-electron chi connectivity index (χ1n) is 8.46. The Morgan fingerprint density at radius 2 is 1.50 bits per heavy atom. The Morgan fingerprint density at radius 1 is 1.04 bits per heavy atom. The van der Waals surface area contributed by atoms with Crippen LogP contribution in [0.15, 0.2) is 12.1 Å². The van der Waals surface area contributed by atoms with E-state index in [1.165, 1.54) is 0 Å². The lowest BCUT2D eigenvalue weighted by atomic mass is 9.78. The van der Waals surface area contributed by atoms with Crippen LogP contribution in [0.1, 0.15) is 64.3 Å². The van der Waals surface area contributed by atoms with Crippen molar-refractivity contribution in [3.8, 4) is 30.4 Å². The van der Waals surface area contributed by atoms with Gasteiger partial charge in [-0.1, -0.05) is 53.4 Å². The Kier molecular flexibility index (Phi) is 6.90. The van der Waals surface area contributed by atoms with Crippen LogP contribution >= 0.6 is 0 Å². The van der Waals surface area contributed by atoms with Gasteiger partial charge in [-0.25, -0.2) is 4.79 Å². The molecule has 0 unspecified atom stereocenters. The van der Waals surface area contributed by atoms with Crippen molar-refractivity contribution in [2.75, 3.05) is 13.2 Å². The number of carbonyl (C=O) groups excluding carboxylic acids is 1. The Morgan fingerprint density at radius 3 is 1.88 bits per heavy atom. The quantitative estimate of drug-likeness (QED) is 0.643. The normalized spacial score (nSPS) is 12.8. The van der Waals surface area contributed by atoms with Crippen LogP contribution in [0.25, 0.3) is 0 Å². The first-order chi connectivity index (χ1) is 11.9. The van der Waals surface area contributed by atoms with Crippen molar-refractivity contribution in [1.29, 1.82) is 0 Å². The fourth-order valence-corrected chi connectivity index (χ4v) is 2.57. The molecule has 0 spiro atoms. The van der Waals surface area contributed by atoms with Crippen molar-refractivity contribution < 1.29 is 19.4 Å². The Balaban J connectivity index is 3.57. The average molecular weight is 356 g/mol. The molecule has 0 radical (unpaired) electrons. The fraction of sp³-hybridized carbons (Fsp3) is 0.500. The lowest BCUT2D eigenvalue weighted by molar-refractivity contribution is -0.155. The summed E-state index contributed by atoms with van der Waals surface area (Å²) in [5, 5.41) is 10.8. The number of phenolic OH excluding ortho intramolecular Hbond substituents is 1. The van der Waals surface area contributed by atoms with E-state index in [1.807, 2.05) is 41.5 Å². The molecule has 0 saturated carbocycles. The van der Waals surface area contributed by atoms with Crippen molar-refractivity contribution in [2.45, 2.75) is 58.5 Å². The highest BCUT2D eigenvalue weighted by Gasteiger charge is 2.31. The number of ether oxygens (including phenoxy) is 2. The Bertz CT molecular complexity index is 698. The number of rotatable bonds is 5. The van der Waals surface area contributed by atoms with Crippen LogP contribution in [-0.2, 0) is 25.1 Å². The van der Waals surface area contributed by atoms with Crippen LogP contribution in [0.2, 0.25) is 0 Å². The molecule has 1 atom stereocenters. The van der Waals surface area contributed by atoms with E-state index in [-0.39, 0.29) is 29.8 Å². The lowest BCUT2D eigenvalue weighted by Gasteiger charge is -2.29. The van der Waals surface area contributed by atoms with Crippen molar-refractivity contribution in [3.05, 3.63) is 28.8 Å². The number of hydrogen-bond acceptors (Lipinski definition) is 4. The minimum absolute atomic E-state index is 0.0492. The van der Waals surface area contributed by atoms with E-state index in [0.29, 0.717) is 5.56 Å². The second-order valence-electron chi connectivity index (χ2n) is 8.17. The summed E-state index contributed by atoms with van der Waals surface area (Å²) in [5.74, 6) is 4.24. The molecule has 0 aromatic heterocycles. The van der Waals surface area contributed by atoms with Crippen LogP contribution in [0.4, 0.5) is 0 Å². The van der Waals surface area contributed by atoms with Gasteiger partial charge in [-0.3, -0.25) is 0 Å². The highest BCUT2D eigenvalue weighted by atomic mass is 16.6. The number of phenols is 1. The van der Waals surface area contributed by atoms with Gasteiger partial charge in [0.05, 0.1) is 0 Å². The third-order valence-electron chi connectivity index (χ3n) is 3.90. The molecule has 0 heterocycles. The summed E-state index contributed by atoms with van der Waals surface area (Å²) in [6, 6.07) is 3.53. The van der Waals surface area contributed by atoms with Crippen LogP contribution in [0.3, 0.4) is 0 Å². The van der Waals surface area contributed by atoms with Gasteiger partial charge in [0.2, 0.25) is 0 Å². The largest absolute Gasteiger partial charge is 0.507 e. The molecular weight excluding hydrogens is 328 g/mol. The molecule has 0 saturated heterocycles. The molecule has 0 aliphatic carbocycles. The smallest absolute Gasteiger partial charge is 0.340 e. The molecule has 1 N–H and O–H groups in total. The zero-order valence-electron chi connectivity index (χ0n) is 16.5. The number of terminal acetylenes is 2. The summed E-state index contributed by atoms with van der Waals surface area (Å²) in [6.07, 6.45) is 9.43. The van der Waals surface area contributed by atoms with Gasteiger partial charge in [0.15, 0.2) is 12.7 Å². The van der Waals surface area contributed by atoms with Gasteiger partial charge in [0, 0.05) is 0 Å². The van der Waals surface area contributed by atoms with E-state index in [4.69, 9.17) is 22.3 Å². The third-order valence-corrected chi connectivity index (χ3v) is 3.90. The highest BCUT2D eigenvalue weighted by Crippen LogP contribution is 2.41. The Labute approximate surface area is 156 Å². The molecule has 0 bridgehead atoms. The molecule has 0 fully saturated rings. The summed E-state index contributed by atoms with van der Waals surface area (Å²) in [6.45, 7) is 11.8. The minimum atomic E-state index is -1.01. The maximum Gasteiger partial charge on any atom is 0.340 e. The molecule has 4 nitrogen and oxygen atoms in total. The molecule has 0 aliphatic heterocycles. The molecular formula is C22H28O4. The monoisotopic (exact) mass is 356 g/mol. The molecule has 1 rings (SSSR count). The lowest BCUT2D eigenvalue weighted by Crippen LogP contribution is -2.23. The van der Waals surface area contributed by atoms with Gasteiger partial charge < -0.3 is 14.6 Å². The molecule has 1 aromatic rings. The molecule has 26 heavy (non-hydrogen) atoms. The molecule has 0 amide bonds. The minimum Gasteiger partial charge on any atom is -0.507 e. The SMILES string of the molecule is C#CCOC(=O)[C@@H](OCC#C)c1cc(C(C)(C)C)c(O)c(C(C)(C)C)c1. The van der Waals surface area contributed by atoms with E-state index in [0.717, 1.165) is 11.1 Å². The van der Waals surface area contributed by atoms with Crippen molar-refractivity contribution in [3.63, 3.8) is 0 Å². The van der Waals surface area contributed by atoms with Crippen molar-refractivity contribution >= 4 is 5.97 Å². The number of carbonyl (C=O) groups is 1. The summed E-state index contributed by atoms with van der Waals surface area (Å²) < 4.78 is 10.6. The molecule has 4 heteroatoms. The second kappa shape index (κ2) is 8.30. The summed E-state index contributed by atoms with van der Waals surface area (Å²) in [7, 11) is 0. The second-order valence-corrected chi connectivity index (χ2v) is 8.17. The van der Waals surface area contributed by atoms with Crippen LogP contribution in [0, 0.1) is 24.7 Å². The summed E-state index contributed by atoms with van der Waals surface area (Å²) in [4.78, 5) is 12.4. The number of benzene rings is 1. The standard InChI is InChI=1S/C22H28O4/c1-9-11-25-19(20(24)26-12-10-2)15-13-16(21(3,4)5)18(23)17(14-15)22(6,7)8/h1-2,13-14,19,23H,11-12H2,3-8H3/t19-/m0/s1. The third kappa shape index (κ3) is 5.28. The number of hydrogen-bond donors (Lipinski definition) is 1. The summed E-state index contributed by atoms with van der Waals surface area (Å²) in [5.41, 5.74) is 1.35. The van der Waals surface area contributed by atoms with Crippen molar-refractivity contribution in [2.24, 2.45) is 0 Å². The van der Waals surface area contributed by atoms with Gasteiger partial charge in [-0.2, -0.15) is 0 Å². The number of aromatic hydroxyl groups is 1. The maximum atomic E-state index is 12.4. The van der Waals surface area contributed by atoms with E-state index < -0.39 is 12.1 Å². The Hall–Kier alpha value is -2.43. The molecule has 1 aromatic carbocycles. The molecule has 0 aliphatic rings. The van der Waals surface area contributed by atoms with Gasteiger partial charge >= 0.3 is 5.97 Å². The van der Waals surface area contributed by atoms with Gasteiger partial charge in [0.1, 0.15) is 12.4 Å². The fourth-order valence-electron chi connectivity index (χ4n) is 2.57. The topological polar surface area (TPSA) is 55.8 Å². The number of esters is 1. The van der Waals surface area contributed by atoms with Crippen LogP contribution < -0.4 is 0 Å². The average Bonchev–Trinajstić information content (AvgIpc) is 2.51. The van der Waals surface area contributed by atoms with Crippen LogP contribution in [0.5, 0.6) is 5.75 Å². The first kappa shape index (κ1) is 21.6. The highest BCUT2D eigenvalue weighted by molar-refractivity contribution is 5.77. The predicted molar refractivity (Wildman–Crippen MR) is 103 cm³/mol. The maximum absolute atomic E-state index is 12.4.